The normalized spacial score (nSPS) is 12.3. The van der Waals surface area contributed by atoms with Crippen LogP contribution in [0, 0.1) is 0 Å². The van der Waals surface area contributed by atoms with Crippen LogP contribution in [0.4, 0.5) is 0 Å². The topological polar surface area (TPSA) is 75.1 Å². The van der Waals surface area contributed by atoms with E-state index in [-0.39, 0.29) is 0 Å². The molecule has 0 saturated heterocycles. The molecule has 6 heteroatoms. The average molecular weight is 227 g/mol. The molecule has 15 heavy (non-hydrogen) atoms. The van der Waals surface area contributed by atoms with Gasteiger partial charge in [0.15, 0.2) is 0 Å². The summed E-state index contributed by atoms with van der Waals surface area (Å²) in [4.78, 5) is 18.7. The highest BCUT2D eigenvalue weighted by molar-refractivity contribution is 7.99. The van der Waals surface area contributed by atoms with Gasteiger partial charge in [0.2, 0.25) is 0 Å². The van der Waals surface area contributed by atoms with E-state index in [9.17, 15) is 4.79 Å². The highest BCUT2D eigenvalue weighted by atomic mass is 32.2. The Hall–Kier alpha value is -1.14. The second-order valence-electron chi connectivity index (χ2n) is 2.86. The summed E-state index contributed by atoms with van der Waals surface area (Å²) >= 11 is 1.50. The molecule has 0 aliphatic rings. The molecule has 1 unspecified atom stereocenters. The third-order valence-corrected chi connectivity index (χ3v) is 2.79. The third kappa shape index (κ3) is 4.26. The zero-order chi connectivity index (χ0) is 11.1. The number of hydrogen-bond donors (Lipinski definition) is 2. The number of nitrogens with zero attached hydrogens (tertiary/aromatic N) is 2. The molecule has 1 rings (SSSR count). The lowest BCUT2D eigenvalue weighted by atomic mass is 10.2. The van der Waals surface area contributed by atoms with Gasteiger partial charge in [-0.05, 0) is 13.5 Å². The van der Waals surface area contributed by atoms with Crippen molar-refractivity contribution in [3.63, 3.8) is 0 Å². The van der Waals surface area contributed by atoms with Crippen molar-refractivity contribution < 1.29 is 9.90 Å². The Bertz CT molecular complexity index is 307. The van der Waals surface area contributed by atoms with Crippen molar-refractivity contribution in [3.05, 3.63) is 18.6 Å². The quantitative estimate of drug-likeness (QED) is 0.694. The summed E-state index contributed by atoms with van der Waals surface area (Å²) in [5.74, 6) is -0.117. The minimum atomic E-state index is -0.822. The maximum Gasteiger partial charge on any atom is 0.320 e. The molecular formula is C9H13N3O2S. The van der Waals surface area contributed by atoms with Gasteiger partial charge in [-0.25, -0.2) is 4.98 Å². The minimum Gasteiger partial charge on any atom is -0.480 e. The molecule has 0 aliphatic heterocycles. The van der Waals surface area contributed by atoms with Crippen LogP contribution < -0.4 is 5.32 Å². The number of rotatable bonds is 6. The number of thioether (sulfide) groups is 1. The number of hydrogen-bond acceptors (Lipinski definition) is 5. The lowest BCUT2D eigenvalue weighted by molar-refractivity contribution is -0.139. The van der Waals surface area contributed by atoms with Crippen LogP contribution in [0.3, 0.4) is 0 Å². The molecule has 1 atom stereocenters. The van der Waals surface area contributed by atoms with E-state index in [1.807, 2.05) is 0 Å². The fourth-order valence-electron chi connectivity index (χ4n) is 1.03. The van der Waals surface area contributed by atoms with Crippen molar-refractivity contribution in [1.82, 2.24) is 15.3 Å². The second-order valence-corrected chi connectivity index (χ2v) is 3.98. The summed E-state index contributed by atoms with van der Waals surface area (Å²) in [6.07, 6.45) is 5.46. The van der Waals surface area contributed by atoms with E-state index >= 15 is 0 Å². The van der Waals surface area contributed by atoms with Crippen LogP contribution in [0.1, 0.15) is 6.42 Å². The smallest absolute Gasteiger partial charge is 0.320 e. The zero-order valence-electron chi connectivity index (χ0n) is 8.38. The van der Waals surface area contributed by atoms with Gasteiger partial charge in [-0.1, -0.05) is 0 Å². The lowest BCUT2D eigenvalue weighted by Crippen LogP contribution is -2.34. The molecule has 0 radical (unpaired) electrons. The van der Waals surface area contributed by atoms with Crippen molar-refractivity contribution in [2.24, 2.45) is 0 Å². The Balaban J connectivity index is 2.30. The Labute approximate surface area is 92.3 Å². The van der Waals surface area contributed by atoms with Gasteiger partial charge in [-0.3, -0.25) is 9.78 Å². The van der Waals surface area contributed by atoms with Crippen LogP contribution in [0.5, 0.6) is 0 Å². The molecule has 0 aliphatic carbocycles. The van der Waals surface area contributed by atoms with E-state index in [1.165, 1.54) is 11.8 Å². The first-order valence-corrected chi connectivity index (χ1v) is 5.51. The van der Waals surface area contributed by atoms with Gasteiger partial charge in [0, 0.05) is 18.1 Å². The first-order valence-electron chi connectivity index (χ1n) is 4.53. The first-order chi connectivity index (χ1) is 7.24. The van der Waals surface area contributed by atoms with Gasteiger partial charge in [0.25, 0.3) is 0 Å². The number of carbonyl (C=O) groups is 1. The summed E-state index contributed by atoms with van der Waals surface area (Å²) in [7, 11) is 1.64. The molecule has 82 valence electrons. The first kappa shape index (κ1) is 11.9. The monoisotopic (exact) mass is 227 g/mol. The second kappa shape index (κ2) is 6.36. The summed E-state index contributed by atoms with van der Waals surface area (Å²) in [6.45, 7) is 0. The molecule has 0 spiro atoms. The molecule has 1 aromatic heterocycles. The molecule has 0 bridgehead atoms. The Morgan fingerprint density at radius 2 is 2.47 bits per heavy atom. The molecule has 1 heterocycles. The van der Waals surface area contributed by atoms with Crippen molar-refractivity contribution in [2.75, 3.05) is 12.8 Å². The third-order valence-electron chi connectivity index (χ3n) is 1.84. The Kier molecular flexibility index (Phi) is 5.06. The van der Waals surface area contributed by atoms with Gasteiger partial charge >= 0.3 is 5.97 Å². The van der Waals surface area contributed by atoms with Gasteiger partial charge in [-0.15, -0.1) is 11.8 Å². The van der Waals surface area contributed by atoms with Crippen molar-refractivity contribution in [1.29, 1.82) is 0 Å². The Morgan fingerprint density at radius 1 is 1.67 bits per heavy atom. The van der Waals surface area contributed by atoms with Crippen molar-refractivity contribution >= 4 is 17.7 Å². The van der Waals surface area contributed by atoms with E-state index in [2.05, 4.69) is 15.3 Å². The molecule has 2 N–H and O–H groups in total. The van der Waals surface area contributed by atoms with Gasteiger partial charge < -0.3 is 10.4 Å². The SMILES string of the molecule is CNC(CCSc1cnccn1)C(=O)O. The minimum absolute atomic E-state index is 0.492. The van der Waals surface area contributed by atoms with Gasteiger partial charge in [0.1, 0.15) is 11.1 Å². The predicted octanol–water partition coefficient (Wildman–Crippen LogP) is 0.631. The van der Waals surface area contributed by atoms with E-state index in [0.29, 0.717) is 12.2 Å². The molecule has 0 aromatic carbocycles. The number of nitrogens with one attached hydrogen (secondary N) is 1. The average Bonchev–Trinajstić information content (AvgIpc) is 2.25. The highest BCUT2D eigenvalue weighted by Gasteiger charge is 2.13. The number of likely N-dealkylation sites (N-methyl/N-ethyl adjacent to an activating group) is 1. The predicted molar refractivity (Wildman–Crippen MR) is 57.9 cm³/mol. The number of carboxylic acids is 1. The molecule has 0 amide bonds. The van der Waals surface area contributed by atoms with Crippen molar-refractivity contribution in [2.45, 2.75) is 17.5 Å². The van der Waals surface area contributed by atoms with E-state index < -0.39 is 12.0 Å². The highest BCUT2D eigenvalue weighted by Crippen LogP contribution is 2.14. The van der Waals surface area contributed by atoms with E-state index in [4.69, 9.17) is 5.11 Å². The van der Waals surface area contributed by atoms with Crippen molar-refractivity contribution in [3.8, 4) is 0 Å². The van der Waals surface area contributed by atoms with Gasteiger partial charge in [0.05, 0.1) is 6.20 Å². The van der Waals surface area contributed by atoms with Gasteiger partial charge in [-0.2, -0.15) is 0 Å². The Morgan fingerprint density at radius 3 is 3.00 bits per heavy atom. The number of aliphatic carboxylic acids is 1. The van der Waals surface area contributed by atoms with Crippen LogP contribution in [-0.4, -0.2) is 39.9 Å². The molecular weight excluding hydrogens is 214 g/mol. The molecule has 0 fully saturated rings. The lowest BCUT2D eigenvalue weighted by Gasteiger charge is -2.09. The summed E-state index contributed by atoms with van der Waals surface area (Å²) in [5, 5.41) is 12.3. The zero-order valence-corrected chi connectivity index (χ0v) is 9.20. The van der Waals surface area contributed by atoms with Crippen LogP contribution in [-0.2, 0) is 4.79 Å². The molecule has 1 aromatic rings. The fraction of sp³-hybridized carbons (Fsp3) is 0.444. The van der Waals surface area contributed by atoms with E-state index in [0.717, 1.165) is 5.03 Å². The van der Waals surface area contributed by atoms with Crippen LogP contribution in [0.25, 0.3) is 0 Å². The maximum absolute atomic E-state index is 10.7. The molecule has 0 saturated carbocycles. The number of aromatic nitrogens is 2. The summed E-state index contributed by atoms with van der Waals surface area (Å²) < 4.78 is 0. The van der Waals surface area contributed by atoms with Crippen LogP contribution in [0.2, 0.25) is 0 Å². The summed E-state index contributed by atoms with van der Waals surface area (Å²) in [6, 6.07) is -0.492. The summed E-state index contributed by atoms with van der Waals surface area (Å²) in [5.41, 5.74) is 0. The maximum atomic E-state index is 10.7. The fourth-order valence-corrected chi connectivity index (χ4v) is 1.87. The van der Waals surface area contributed by atoms with Crippen LogP contribution >= 0.6 is 11.8 Å². The number of carboxylic acid groups (broad SMARTS) is 1. The van der Waals surface area contributed by atoms with Crippen LogP contribution in [0.15, 0.2) is 23.6 Å². The van der Waals surface area contributed by atoms with E-state index in [1.54, 1.807) is 25.6 Å². The molecule has 5 nitrogen and oxygen atoms in total. The largest absolute Gasteiger partial charge is 0.480 e. The standard InChI is InChI=1S/C9H13N3O2S/c1-10-7(9(13)14)2-5-15-8-6-11-3-4-12-8/h3-4,6-7,10H,2,5H2,1H3,(H,13,14).